The first-order chi connectivity index (χ1) is 26.0. The second-order valence-electron chi connectivity index (χ2n) is 16.4. The third-order valence-corrected chi connectivity index (χ3v) is 10.8. The Morgan fingerprint density at radius 2 is 0.944 bits per heavy atom. The van der Waals surface area contributed by atoms with E-state index >= 15 is 0 Å². The zero-order chi connectivity index (χ0) is 40.0. The van der Waals surface area contributed by atoms with Crippen LogP contribution in [0.1, 0.15) is 206 Å². The van der Waals surface area contributed by atoms with Gasteiger partial charge in [0.2, 0.25) is 0 Å². The number of hydrogen-bond acceptors (Lipinski definition) is 7. The van der Waals surface area contributed by atoms with Gasteiger partial charge in [0.25, 0.3) is 0 Å². The molecule has 9 nitrogen and oxygen atoms in total. The number of carbonyl (C=O) groups excluding carboxylic acids is 2. The Morgan fingerprint density at radius 1 is 0.556 bits per heavy atom. The smallest absolute Gasteiger partial charge is 0.462 e. The molecular formula is C44H87NO8P+. The van der Waals surface area contributed by atoms with Crippen molar-refractivity contribution in [1.29, 1.82) is 0 Å². The molecule has 0 heterocycles. The highest BCUT2D eigenvalue weighted by atomic mass is 31.2. The Labute approximate surface area is 333 Å². The molecule has 0 amide bonds. The van der Waals surface area contributed by atoms with Gasteiger partial charge in [-0.3, -0.25) is 18.6 Å². The minimum atomic E-state index is -4.36. The number of phosphoric acid groups is 1. The van der Waals surface area contributed by atoms with Gasteiger partial charge in [0, 0.05) is 12.8 Å². The number of nitrogens with zero attached hydrogens (tertiary/aromatic N) is 1. The summed E-state index contributed by atoms with van der Waals surface area (Å²) in [4.78, 5) is 35.0. The van der Waals surface area contributed by atoms with Crippen molar-refractivity contribution in [2.75, 3.05) is 47.5 Å². The van der Waals surface area contributed by atoms with E-state index in [0.29, 0.717) is 17.4 Å². The number of allylic oxidation sites excluding steroid dienone is 2. The lowest BCUT2D eigenvalue weighted by atomic mass is 10.0. The molecule has 0 fully saturated rings. The van der Waals surface area contributed by atoms with Crippen molar-refractivity contribution < 1.29 is 42.1 Å². The molecular weight excluding hydrogens is 701 g/mol. The number of phosphoric ester groups is 1. The fraction of sp³-hybridized carbons (Fsp3) is 0.909. The van der Waals surface area contributed by atoms with E-state index in [-0.39, 0.29) is 32.0 Å². The summed E-state index contributed by atoms with van der Waals surface area (Å²) in [5.41, 5.74) is 0. The van der Waals surface area contributed by atoms with E-state index in [1.54, 1.807) is 0 Å². The molecule has 0 spiro atoms. The van der Waals surface area contributed by atoms with Gasteiger partial charge >= 0.3 is 19.8 Å². The molecule has 54 heavy (non-hydrogen) atoms. The van der Waals surface area contributed by atoms with Crippen LogP contribution in [0.25, 0.3) is 0 Å². The summed E-state index contributed by atoms with van der Waals surface area (Å²) in [6.45, 7) is 4.34. The van der Waals surface area contributed by atoms with Crippen LogP contribution in [-0.4, -0.2) is 74.9 Å². The van der Waals surface area contributed by atoms with Crippen molar-refractivity contribution in [2.45, 2.75) is 213 Å². The summed E-state index contributed by atoms with van der Waals surface area (Å²) in [5, 5.41) is 0. The Bertz CT molecular complexity index is 938. The monoisotopic (exact) mass is 789 g/mol. The molecule has 0 saturated heterocycles. The number of likely N-dealkylation sites (N-methyl/N-ethyl adjacent to an activating group) is 1. The molecule has 0 rings (SSSR count). The SMILES string of the molecule is CCCCCCCCCC/C=C\CCCCCCCCCCCCCCCC(=O)OC(COC(=O)CCCCCCC)COP(=O)(O)OCC[N+](C)(C)C. The molecule has 2 unspecified atom stereocenters. The van der Waals surface area contributed by atoms with Gasteiger partial charge in [0.1, 0.15) is 19.8 Å². The van der Waals surface area contributed by atoms with E-state index in [0.717, 1.165) is 44.9 Å². The first kappa shape index (κ1) is 52.8. The van der Waals surface area contributed by atoms with E-state index < -0.39 is 26.5 Å². The van der Waals surface area contributed by atoms with E-state index in [4.69, 9.17) is 18.5 Å². The van der Waals surface area contributed by atoms with E-state index in [1.807, 2.05) is 21.1 Å². The summed E-state index contributed by atoms with van der Waals surface area (Å²) >= 11 is 0. The predicted molar refractivity (Wildman–Crippen MR) is 224 cm³/mol. The zero-order valence-electron chi connectivity index (χ0n) is 36.0. The van der Waals surface area contributed by atoms with Crippen molar-refractivity contribution in [3.63, 3.8) is 0 Å². The van der Waals surface area contributed by atoms with Gasteiger partial charge in [-0.2, -0.15) is 0 Å². The van der Waals surface area contributed by atoms with Gasteiger partial charge in [-0.25, -0.2) is 4.57 Å². The van der Waals surface area contributed by atoms with Crippen molar-refractivity contribution in [2.24, 2.45) is 0 Å². The summed E-state index contributed by atoms with van der Waals surface area (Å²) in [7, 11) is 1.48. The van der Waals surface area contributed by atoms with Crippen LogP contribution in [0.3, 0.4) is 0 Å². The molecule has 320 valence electrons. The first-order valence-electron chi connectivity index (χ1n) is 22.4. The fourth-order valence-electron chi connectivity index (χ4n) is 6.24. The van der Waals surface area contributed by atoms with Crippen molar-refractivity contribution in [3.05, 3.63) is 12.2 Å². The molecule has 0 saturated carbocycles. The van der Waals surface area contributed by atoms with E-state index in [1.165, 1.54) is 128 Å². The Hall–Kier alpha value is -1.25. The summed E-state index contributed by atoms with van der Waals surface area (Å²) < 4.78 is 34.1. The molecule has 0 aliphatic carbocycles. The predicted octanol–water partition coefficient (Wildman–Crippen LogP) is 12.6. The number of carbonyl (C=O) groups is 2. The average Bonchev–Trinajstić information content (AvgIpc) is 3.12. The number of rotatable bonds is 41. The first-order valence-corrected chi connectivity index (χ1v) is 23.9. The summed E-state index contributed by atoms with van der Waals surface area (Å²) in [5.74, 6) is -0.805. The number of quaternary nitrogens is 1. The lowest BCUT2D eigenvalue weighted by Gasteiger charge is -2.24. The molecule has 0 aliphatic heterocycles. The second-order valence-corrected chi connectivity index (χ2v) is 17.9. The van der Waals surface area contributed by atoms with Crippen LogP contribution in [0.15, 0.2) is 12.2 Å². The van der Waals surface area contributed by atoms with Gasteiger partial charge in [-0.1, -0.05) is 167 Å². The number of unbranched alkanes of at least 4 members (excludes halogenated alkanes) is 25. The lowest BCUT2D eigenvalue weighted by Crippen LogP contribution is -2.37. The Kier molecular flexibility index (Phi) is 36.5. The molecule has 0 bridgehead atoms. The third kappa shape index (κ3) is 40.4. The zero-order valence-corrected chi connectivity index (χ0v) is 36.9. The van der Waals surface area contributed by atoms with Crippen LogP contribution < -0.4 is 0 Å². The summed E-state index contributed by atoms with van der Waals surface area (Å²) in [6, 6.07) is 0. The lowest BCUT2D eigenvalue weighted by molar-refractivity contribution is -0.870. The van der Waals surface area contributed by atoms with Crippen LogP contribution in [-0.2, 0) is 32.7 Å². The maximum absolute atomic E-state index is 12.6. The van der Waals surface area contributed by atoms with Crippen LogP contribution >= 0.6 is 7.82 Å². The van der Waals surface area contributed by atoms with Crippen molar-refractivity contribution in [3.8, 4) is 0 Å². The fourth-order valence-corrected chi connectivity index (χ4v) is 6.99. The average molecular weight is 789 g/mol. The second kappa shape index (κ2) is 37.3. The number of ether oxygens (including phenoxy) is 2. The van der Waals surface area contributed by atoms with Crippen LogP contribution in [0.5, 0.6) is 0 Å². The molecule has 0 radical (unpaired) electrons. The standard InChI is InChI=1S/C44H86NO8P/c1-6-8-10-12-13-14-15-16-17-18-19-20-21-22-23-24-25-26-27-28-29-30-31-33-35-37-44(47)53-42(40-50-43(46)36-34-32-11-9-7-2)41-52-54(48,49)51-39-38-45(3,4)5/h18-19,42H,6-17,20-41H2,1-5H3/p+1/b19-18-. The van der Waals surface area contributed by atoms with E-state index in [2.05, 4.69) is 26.0 Å². The molecule has 10 heteroatoms. The van der Waals surface area contributed by atoms with E-state index in [9.17, 15) is 19.0 Å². The quantitative estimate of drug-likeness (QED) is 0.0214. The minimum Gasteiger partial charge on any atom is -0.462 e. The number of esters is 2. The van der Waals surface area contributed by atoms with Gasteiger partial charge in [0.15, 0.2) is 6.10 Å². The molecule has 0 aromatic rings. The highest BCUT2D eigenvalue weighted by Crippen LogP contribution is 2.43. The van der Waals surface area contributed by atoms with Crippen molar-refractivity contribution in [1.82, 2.24) is 0 Å². The van der Waals surface area contributed by atoms with Gasteiger partial charge in [0.05, 0.1) is 27.7 Å². The van der Waals surface area contributed by atoms with Gasteiger partial charge < -0.3 is 18.9 Å². The van der Waals surface area contributed by atoms with Crippen LogP contribution in [0.4, 0.5) is 0 Å². The molecule has 0 aliphatic rings. The molecule has 1 N–H and O–H groups in total. The van der Waals surface area contributed by atoms with Crippen LogP contribution in [0, 0.1) is 0 Å². The van der Waals surface area contributed by atoms with Crippen molar-refractivity contribution >= 4 is 19.8 Å². The third-order valence-electron chi connectivity index (χ3n) is 9.80. The van der Waals surface area contributed by atoms with Gasteiger partial charge in [-0.15, -0.1) is 0 Å². The Balaban J connectivity index is 4.01. The number of hydrogen-bond donors (Lipinski definition) is 1. The topological polar surface area (TPSA) is 108 Å². The van der Waals surface area contributed by atoms with Crippen LogP contribution in [0.2, 0.25) is 0 Å². The molecule has 2 atom stereocenters. The highest BCUT2D eigenvalue weighted by molar-refractivity contribution is 7.47. The Morgan fingerprint density at radius 3 is 1.37 bits per heavy atom. The summed E-state index contributed by atoms with van der Waals surface area (Å²) in [6.07, 6.45) is 38.9. The maximum atomic E-state index is 12.6. The molecule has 0 aromatic carbocycles. The highest BCUT2D eigenvalue weighted by Gasteiger charge is 2.27. The largest absolute Gasteiger partial charge is 0.472 e. The normalized spacial score (nSPS) is 13.7. The minimum absolute atomic E-state index is 0.0344. The maximum Gasteiger partial charge on any atom is 0.472 e. The molecule has 0 aromatic heterocycles. The van der Waals surface area contributed by atoms with Gasteiger partial charge in [-0.05, 0) is 38.5 Å².